The molecule has 0 bridgehead atoms. The topological polar surface area (TPSA) is 326 Å². The molecule has 0 saturated heterocycles. The van der Waals surface area contributed by atoms with Gasteiger partial charge < -0.3 is 60.0 Å². The summed E-state index contributed by atoms with van der Waals surface area (Å²) in [5, 5.41) is 46.4. The van der Waals surface area contributed by atoms with E-state index in [9.17, 15) is 105 Å². The number of carboxylic acid groups (broad SMARTS) is 2. The van der Waals surface area contributed by atoms with E-state index in [0.717, 1.165) is 40.3 Å². The first-order valence-corrected chi connectivity index (χ1v) is 43.3. The van der Waals surface area contributed by atoms with Crippen LogP contribution in [-0.4, -0.2) is 155 Å². The number of carbonyl (C=O) groups excluding carboxylic acids is 5. The van der Waals surface area contributed by atoms with E-state index in [-0.39, 0.29) is 118 Å². The van der Waals surface area contributed by atoms with Crippen molar-refractivity contribution in [2.75, 3.05) is 79.0 Å². The number of esters is 3. The summed E-state index contributed by atoms with van der Waals surface area (Å²) in [5.74, 6) is -6.79. The molecule has 16 rings (SSSR count). The molecule has 5 aliphatic heterocycles. The first-order chi connectivity index (χ1) is 64.7. The number of benzene rings is 6. The third kappa shape index (κ3) is 26.8. The summed E-state index contributed by atoms with van der Waals surface area (Å²) < 4.78 is 221. The Hall–Kier alpha value is -13.2. The zero-order valence-corrected chi connectivity index (χ0v) is 75.9. The normalized spacial score (nSPS) is 13.9. The van der Waals surface area contributed by atoms with Crippen molar-refractivity contribution in [1.82, 2.24) is 59.5 Å². The van der Waals surface area contributed by atoms with E-state index in [1.807, 2.05) is 0 Å². The first-order valence-electron chi connectivity index (χ1n) is 41.8. The molecule has 10 heterocycles. The minimum absolute atomic E-state index is 0. The molecule has 11 aromatic rings. The fraction of sp³-hybridized carbons (Fsp3) is 0.383. The minimum Gasteiger partial charge on any atom is -0.478 e. The molecule has 0 radical (unpaired) electrons. The fourth-order valence-corrected chi connectivity index (χ4v) is 16.6. The Morgan fingerprint density at radius 2 is 0.606 bits per heavy atom. The lowest BCUT2D eigenvalue weighted by atomic mass is 10.0. The highest BCUT2D eigenvalue weighted by atomic mass is 35.5. The van der Waals surface area contributed by atoms with Gasteiger partial charge >= 0.3 is 60.7 Å². The zero-order chi connectivity index (χ0) is 99.7. The van der Waals surface area contributed by atoms with Gasteiger partial charge in [0, 0.05) is 112 Å². The number of halogens is 19. The molecule has 2 amide bonds. The summed E-state index contributed by atoms with van der Waals surface area (Å²) in [6.07, 6.45) is -20.9. The van der Waals surface area contributed by atoms with Gasteiger partial charge in [-0.3, -0.25) is 9.59 Å². The van der Waals surface area contributed by atoms with Crippen LogP contribution >= 0.6 is 46.4 Å². The summed E-state index contributed by atoms with van der Waals surface area (Å²) in [7, 11) is 3.35. The Morgan fingerprint density at radius 1 is 0.345 bits per heavy atom. The van der Waals surface area contributed by atoms with Crippen LogP contribution in [0.15, 0.2) is 146 Å². The van der Waals surface area contributed by atoms with Crippen molar-refractivity contribution < 1.29 is 124 Å². The summed E-state index contributed by atoms with van der Waals surface area (Å²) in [4.78, 5) is 90.9. The smallest absolute Gasteiger partial charge is 0.436 e. The number of aromatic nitrogens is 10. The summed E-state index contributed by atoms with van der Waals surface area (Å²) in [5.41, 5.74) is -4.78. The lowest BCUT2D eigenvalue weighted by molar-refractivity contribution is -0.142. The maximum Gasteiger partial charge on any atom is 0.436 e. The van der Waals surface area contributed by atoms with Crippen molar-refractivity contribution in [3.63, 3.8) is 0 Å². The van der Waals surface area contributed by atoms with Crippen LogP contribution < -0.4 is 35.6 Å². The van der Waals surface area contributed by atoms with Crippen LogP contribution in [0.3, 0.4) is 0 Å². The molecule has 5 aliphatic rings. The van der Waals surface area contributed by atoms with Crippen molar-refractivity contribution in [3.05, 3.63) is 266 Å². The zero-order valence-electron chi connectivity index (χ0n) is 72.9. The molecule has 6 aromatic carbocycles. The molecule has 0 aliphatic carbocycles. The third-order valence-corrected chi connectivity index (χ3v) is 23.6. The summed E-state index contributed by atoms with van der Waals surface area (Å²) >= 11 is 24.8. The van der Waals surface area contributed by atoms with Gasteiger partial charge in [0.15, 0.2) is 28.5 Å². The van der Waals surface area contributed by atoms with Crippen molar-refractivity contribution in [1.29, 1.82) is 0 Å². The monoisotopic (exact) mass is 2090 g/mol. The van der Waals surface area contributed by atoms with Gasteiger partial charge in [0.25, 0.3) is 11.8 Å². The quantitative estimate of drug-likeness (QED) is 0.0285. The molecule has 770 valence electrons. The van der Waals surface area contributed by atoms with Gasteiger partial charge in [-0.15, -0.1) is 0 Å². The van der Waals surface area contributed by atoms with Crippen LogP contribution in [0.4, 0.5) is 94.9 Å². The molecular formula is C94H104Cl4F15N17O12. The Labute approximate surface area is 826 Å². The van der Waals surface area contributed by atoms with Gasteiger partial charge in [-0.25, -0.2) is 47.4 Å². The number of fused-ring (bicyclic) bond motifs is 5. The van der Waals surface area contributed by atoms with Gasteiger partial charge in [0.1, 0.15) is 56.9 Å². The standard InChI is InChI=1S/C25H24ClF3N4O3.C24H22ClF3N4O3.C16H15ClF3N3O2.C15H13ClF3N3O2.C9H10F3N3O2.5CH4/c1-15(16-8-10-17(11-9-16)24(35)36-2)30-22(34)20-21(25(27,28)29)31-33-13-5-12-32(23(20)33)14-18-6-3-4-7-19(18)26;1-14(15-7-9-16(10-8-15)23(34)35)29-21(33)19-20(24(26,27)28)30-32-12-4-11-31(22(19)32)13-17-5-2-3-6-18(17)25;1-25-15(24)12-13(16(18,19)20)21-23-8-4-7-22(14(12)23)9-10-5-2-3-6-11(10)17;16-10-5-2-1-4-9(10)8-21-6-3-7-22-13(21)11(14(23)24)12(20-22)15(17,18)19;1-17-8(16)5-6(9(10,11)12)14-15-4-2-3-13-7(5)15;;;;;/h3-4,6-11,15H,5,12-14H2,1-2H3,(H,30,34);2-3,5-10,14H,4,11-13H2,1H3,(H,29,33)(H,34,35);2-3,5-6H,4,7-9H2,1H3;1-2,4-5H,3,6-8H2,(H,23,24);13H,2-4H2,1H3;5*1H4/t15-;14-;;;;;;;;/m00......../s1. The van der Waals surface area contributed by atoms with E-state index in [0.29, 0.717) is 120 Å². The average molecular weight is 2090 g/mol. The largest absolute Gasteiger partial charge is 0.478 e. The number of aryl methyl sites for hydroxylation is 5. The maximum absolute atomic E-state index is 14.0. The van der Waals surface area contributed by atoms with Crippen LogP contribution in [-0.2, 0) is 104 Å². The third-order valence-electron chi connectivity index (χ3n) is 22.1. The molecule has 5 aromatic heterocycles. The summed E-state index contributed by atoms with van der Waals surface area (Å²) in [6.45, 7) is 7.87. The van der Waals surface area contributed by atoms with Crippen molar-refractivity contribution >= 4 is 117 Å². The highest BCUT2D eigenvalue weighted by Crippen LogP contribution is 2.45. The molecule has 0 fully saturated rings. The second-order valence-corrected chi connectivity index (χ2v) is 33.0. The predicted molar refractivity (Wildman–Crippen MR) is 504 cm³/mol. The second kappa shape index (κ2) is 48.5. The van der Waals surface area contributed by atoms with E-state index in [2.05, 4.69) is 55.7 Å². The van der Waals surface area contributed by atoms with E-state index >= 15 is 0 Å². The molecule has 29 nitrogen and oxygen atoms in total. The number of ether oxygens (including phenoxy) is 3. The van der Waals surface area contributed by atoms with E-state index in [4.69, 9.17) is 51.5 Å². The number of aromatic carboxylic acids is 2. The molecule has 142 heavy (non-hydrogen) atoms. The molecule has 2 atom stereocenters. The Morgan fingerprint density at radius 3 is 0.901 bits per heavy atom. The summed E-state index contributed by atoms with van der Waals surface area (Å²) in [6, 6.07) is 38.8. The number of nitrogens with zero attached hydrogens (tertiary/aromatic N) is 14. The van der Waals surface area contributed by atoms with Crippen molar-refractivity contribution in [3.8, 4) is 0 Å². The molecule has 0 spiro atoms. The highest BCUT2D eigenvalue weighted by Gasteiger charge is 2.49. The van der Waals surface area contributed by atoms with E-state index in [1.165, 1.54) is 57.6 Å². The van der Waals surface area contributed by atoms with Crippen molar-refractivity contribution in [2.24, 2.45) is 0 Å². The van der Waals surface area contributed by atoms with Crippen molar-refractivity contribution in [2.45, 2.75) is 185 Å². The highest BCUT2D eigenvalue weighted by molar-refractivity contribution is 6.32. The van der Waals surface area contributed by atoms with Crippen LogP contribution in [0.5, 0.6) is 0 Å². The van der Waals surface area contributed by atoms with Crippen LogP contribution in [0, 0.1) is 0 Å². The van der Waals surface area contributed by atoms with Gasteiger partial charge in [-0.05, 0) is 128 Å². The molecule has 5 N–H and O–H groups in total. The predicted octanol–water partition coefficient (Wildman–Crippen LogP) is 22.5. The van der Waals surface area contributed by atoms with Gasteiger partial charge in [-0.2, -0.15) is 91.3 Å². The number of carboxylic acids is 2. The molecule has 0 unspecified atom stereocenters. The number of hydrogen-bond acceptors (Lipinski definition) is 20. The number of amides is 2. The number of anilines is 5. The average Bonchev–Trinajstić information content (AvgIpc) is 1.75. The number of nitrogens with one attached hydrogen (secondary N) is 3. The van der Waals surface area contributed by atoms with Gasteiger partial charge in [-0.1, -0.05) is 181 Å². The molecule has 48 heteroatoms. The van der Waals surface area contributed by atoms with E-state index in [1.54, 1.807) is 143 Å². The molecular weight excluding hydrogens is 1990 g/mol. The number of hydrogen-bond donors (Lipinski definition) is 5. The Bertz CT molecular complexity index is 6260. The van der Waals surface area contributed by atoms with Gasteiger partial charge in [0.05, 0.1) is 44.5 Å². The van der Waals surface area contributed by atoms with Crippen LogP contribution in [0.1, 0.15) is 230 Å². The SMILES string of the molecule is C.C.C.C.C.COC(=O)c1c(C(F)(F)F)nn2c1N(Cc1ccccc1Cl)CCC2.COC(=O)c1c(C(F)(F)F)nn2c1NCCC2.COC(=O)c1ccc([C@H](C)NC(=O)c2c(C(F)(F)F)nn3c2N(Cc2ccccc2Cl)CCC3)cc1.C[C@H](NC(=O)c1c(C(F)(F)F)nn2c1N(Cc1ccccc1Cl)CCC2)c1ccc(C(=O)O)cc1.O=C(O)c1c(C(F)(F)F)nn2c1N(Cc1ccccc1Cl)CCC2. The van der Waals surface area contributed by atoms with E-state index < -0.39 is 141 Å². The number of rotatable bonds is 19. The first kappa shape index (κ1) is 116. The van der Waals surface area contributed by atoms with Crippen LogP contribution in [0.2, 0.25) is 20.1 Å². The Balaban J connectivity index is 0.000000244. The fourth-order valence-electron chi connectivity index (χ4n) is 15.8. The second-order valence-electron chi connectivity index (χ2n) is 31.3. The maximum atomic E-state index is 14.0. The van der Waals surface area contributed by atoms with Crippen LogP contribution in [0.25, 0.3) is 0 Å². The number of carbonyl (C=O) groups is 7. The lowest BCUT2D eigenvalue weighted by Gasteiger charge is -2.31. The lowest BCUT2D eigenvalue weighted by Crippen LogP contribution is -2.35. The molecule has 0 saturated carbocycles. The number of methoxy groups -OCH3 is 3. The number of alkyl halides is 15. The van der Waals surface area contributed by atoms with Gasteiger partial charge in [0.2, 0.25) is 0 Å². The minimum atomic E-state index is -4.83. The Kier molecular flexibility index (Phi) is 39.5.